The molecule has 1 N–H and O–H groups in total. The molecule has 98 valence electrons. The minimum absolute atomic E-state index is 0.0912. The van der Waals surface area contributed by atoms with Crippen molar-refractivity contribution in [3.63, 3.8) is 0 Å². The number of aryl methyl sites for hydroxylation is 1. The van der Waals surface area contributed by atoms with Crippen LogP contribution in [-0.4, -0.2) is 27.4 Å². The number of esters is 1. The summed E-state index contributed by atoms with van der Waals surface area (Å²) >= 11 is 0. The average Bonchev–Trinajstić information content (AvgIpc) is 2.36. The summed E-state index contributed by atoms with van der Waals surface area (Å²) < 4.78 is 28.5. The molecule has 6 heteroatoms. The van der Waals surface area contributed by atoms with Crippen LogP contribution in [0.1, 0.15) is 28.4 Å². The van der Waals surface area contributed by atoms with E-state index in [0.717, 1.165) is 5.56 Å². The van der Waals surface area contributed by atoms with Gasteiger partial charge >= 0.3 is 5.97 Å². The van der Waals surface area contributed by atoms with Crippen molar-refractivity contribution in [1.82, 2.24) is 5.32 Å². The van der Waals surface area contributed by atoms with Crippen LogP contribution in [0.15, 0.2) is 17.0 Å². The van der Waals surface area contributed by atoms with Gasteiger partial charge in [0.25, 0.3) is 0 Å². The first-order valence-corrected chi connectivity index (χ1v) is 7.32. The Morgan fingerprint density at radius 3 is 2.78 bits per heavy atom. The monoisotopic (exact) mass is 269 g/mol. The Kier molecular flexibility index (Phi) is 3.41. The molecule has 0 bridgehead atoms. The molecule has 0 radical (unpaired) electrons. The van der Waals surface area contributed by atoms with Crippen molar-refractivity contribution in [2.24, 2.45) is 0 Å². The summed E-state index contributed by atoms with van der Waals surface area (Å²) in [6, 6.07) is 3.21. The van der Waals surface area contributed by atoms with Crippen molar-refractivity contribution in [2.75, 3.05) is 13.0 Å². The number of carbonyl (C=O) groups excluding carboxylic acids is 1. The third kappa shape index (κ3) is 2.13. The smallest absolute Gasteiger partial charge is 0.338 e. The molecule has 1 aromatic rings. The van der Waals surface area contributed by atoms with Gasteiger partial charge in [0.15, 0.2) is 9.84 Å². The highest BCUT2D eigenvalue weighted by molar-refractivity contribution is 7.91. The van der Waals surface area contributed by atoms with Crippen molar-refractivity contribution in [2.45, 2.75) is 24.8 Å². The molecule has 0 spiro atoms. The van der Waals surface area contributed by atoms with E-state index in [0.29, 0.717) is 24.1 Å². The molecule has 0 aliphatic carbocycles. The topological polar surface area (TPSA) is 72.5 Å². The number of nitrogens with one attached hydrogen (secondary N) is 1. The van der Waals surface area contributed by atoms with Crippen LogP contribution < -0.4 is 5.32 Å². The molecule has 1 heterocycles. The zero-order valence-corrected chi connectivity index (χ0v) is 11.1. The Morgan fingerprint density at radius 1 is 1.44 bits per heavy atom. The van der Waals surface area contributed by atoms with Crippen molar-refractivity contribution in [3.05, 3.63) is 28.8 Å². The van der Waals surface area contributed by atoms with Gasteiger partial charge in [-0.05, 0) is 23.6 Å². The fourth-order valence-corrected chi connectivity index (χ4v) is 3.45. The van der Waals surface area contributed by atoms with Gasteiger partial charge in [-0.25, -0.2) is 13.2 Å². The molecule has 2 rings (SSSR count). The molecule has 0 saturated carbocycles. The van der Waals surface area contributed by atoms with Crippen LogP contribution in [0, 0.1) is 0 Å². The third-order valence-electron chi connectivity index (χ3n) is 3.02. The normalized spacial score (nSPS) is 17.0. The number of hydrogen-bond acceptors (Lipinski definition) is 5. The lowest BCUT2D eigenvalue weighted by Gasteiger charge is -2.19. The minimum Gasteiger partial charge on any atom is -0.465 e. The second-order valence-corrected chi connectivity index (χ2v) is 6.11. The van der Waals surface area contributed by atoms with Gasteiger partial charge in [0.2, 0.25) is 0 Å². The van der Waals surface area contributed by atoms with E-state index < -0.39 is 15.8 Å². The van der Waals surface area contributed by atoms with Crippen molar-refractivity contribution < 1.29 is 17.9 Å². The summed E-state index contributed by atoms with van der Waals surface area (Å²) in [4.78, 5) is 11.9. The Morgan fingerprint density at radius 2 is 2.17 bits per heavy atom. The standard InChI is InChI=1S/C12H15NO4S/c1-3-8-4-9-6-13-7-18(15,16)11(9)5-10(8)12(14)17-2/h4-5,13H,3,6-7H2,1-2H3. The van der Waals surface area contributed by atoms with Crippen LogP contribution in [0.4, 0.5) is 0 Å². The molecule has 0 saturated heterocycles. The number of rotatable bonds is 2. The number of sulfone groups is 1. The molecule has 1 aliphatic rings. The highest BCUT2D eigenvalue weighted by Crippen LogP contribution is 2.25. The lowest BCUT2D eigenvalue weighted by atomic mass is 10.0. The van der Waals surface area contributed by atoms with Gasteiger partial charge in [-0.2, -0.15) is 0 Å². The van der Waals surface area contributed by atoms with Crippen LogP contribution in [0.5, 0.6) is 0 Å². The highest BCUT2D eigenvalue weighted by atomic mass is 32.2. The number of carbonyl (C=O) groups is 1. The largest absolute Gasteiger partial charge is 0.465 e. The molecule has 1 aromatic carbocycles. The van der Waals surface area contributed by atoms with Gasteiger partial charge < -0.3 is 4.74 Å². The molecular formula is C12H15NO4S. The summed E-state index contributed by atoms with van der Waals surface area (Å²) in [5.41, 5.74) is 1.86. The lowest BCUT2D eigenvalue weighted by Crippen LogP contribution is -2.30. The van der Waals surface area contributed by atoms with Gasteiger partial charge in [-0.15, -0.1) is 0 Å². The van der Waals surface area contributed by atoms with Gasteiger partial charge in [0.05, 0.1) is 17.6 Å². The fourth-order valence-electron chi connectivity index (χ4n) is 2.09. The molecule has 18 heavy (non-hydrogen) atoms. The molecule has 1 aliphatic heterocycles. The minimum atomic E-state index is -3.35. The maximum Gasteiger partial charge on any atom is 0.338 e. The number of hydrogen-bond donors (Lipinski definition) is 1. The second kappa shape index (κ2) is 4.70. The highest BCUT2D eigenvalue weighted by Gasteiger charge is 2.26. The van der Waals surface area contributed by atoms with Crippen molar-refractivity contribution >= 4 is 15.8 Å². The number of fused-ring (bicyclic) bond motifs is 1. The Bertz CT molecular complexity index is 592. The summed E-state index contributed by atoms with van der Waals surface area (Å²) in [6.07, 6.45) is 0.651. The van der Waals surface area contributed by atoms with Crippen LogP contribution in [0.25, 0.3) is 0 Å². The average molecular weight is 269 g/mol. The van der Waals surface area contributed by atoms with E-state index in [1.165, 1.54) is 13.2 Å². The predicted octanol–water partition coefficient (Wildman–Crippen LogP) is 0.870. The first-order chi connectivity index (χ1) is 8.49. The molecule has 0 unspecified atom stereocenters. The van der Waals surface area contributed by atoms with Crippen LogP contribution in [0.3, 0.4) is 0 Å². The molecular weight excluding hydrogens is 254 g/mol. The van der Waals surface area contributed by atoms with E-state index in [1.54, 1.807) is 6.07 Å². The Labute approximate surface area is 106 Å². The fraction of sp³-hybridized carbons (Fsp3) is 0.417. The number of methoxy groups -OCH3 is 1. The maximum atomic E-state index is 11.9. The van der Waals surface area contributed by atoms with Crippen molar-refractivity contribution in [1.29, 1.82) is 0 Å². The second-order valence-electron chi connectivity index (χ2n) is 4.15. The SMILES string of the molecule is CCc1cc2c(cc1C(=O)OC)S(=O)(=O)CNC2. The summed E-state index contributed by atoms with van der Waals surface area (Å²) in [5, 5.41) is 2.84. The zero-order chi connectivity index (χ0) is 13.3. The van der Waals surface area contributed by atoms with E-state index in [1.807, 2.05) is 6.92 Å². The zero-order valence-electron chi connectivity index (χ0n) is 10.3. The van der Waals surface area contributed by atoms with Gasteiger partial charge in [0, 0.05) is 6.54 Å². The van der Waals surface area contributed by atoms with Gasteiger partial charge in [-0.3, -0.25) is 5.32 Å². The maximum absolute atomic E-state index is 11.9. The molecule has 0 amide bonds. The van der Waals surface area contributed by atoms with Crippen LogP contribution >= 0.6 is 0 Å². The van der Waals surface area contributed by atoms with E-state index in [-0.39, 0.29) is 10.8 Å². The van der Waals surface area contributed by atoms with Gasteiger partial charge in [0.1, 0.15) is 5.88 Å². The van der Waals surface area contributed by atoms with E-state index in [9.17, 15) is 13.2 Å². The number of benzene rings is 1. The van der Waals surface area contributed by atoms with E-state index in [4.69, 9.17) is 0 Å². The summed E-state index contributed by atoms with van der Waals surface area (Å²) in [7, 11) is -2.06. The molecule has 0 atom stereocenters. The van der Waals surface area contributed by atoms with Crippen LogP contribution in [-0.2, 0) is 27.5 Å². The quantitative estimate of drug-likeness (QED) is 0.807. The first-order valence-electron chi connectivity index (χ1n) is 5.67. The van der Waals surface area contributed by atoms with Gasteiger partial charge in [-0.1, -0.05) is 13.0 Å². The predicted molar refractivity (Wildman–Crippen MR) is 66.1 cm³/mol. The molecule has 5 nitrogen and oxygen atoms in total. The number of ether oxygens (including phenoxy) is 1. The van der Waals surface area contributed by atoms with E-state index >= 15 is 0 Å². The Hall–Kier alpha value is -1.40. The Balaban J connectivity index is 2.67. The first kappa shape index (κ1) is 13.0. The van der Waals surface area contributed by atoms with Crippen LogP contribution in [0.2, 0.25) is 0 Å². The third-order valence-corrected chi connectivity index (χ3v) is 4.65. The van der Waals surface area contributed by atoms with E-state index in [2.05, 4.69) is 10.1 Å². The summed E-state index contributed by atoms with van der Waals surface area (Å²) in [5.74, 6) is -0.588. The summed E-state index contributed by atoms with van der Waals surface area (Å²) in [6.45, 7) is 2.42. The lowest BCUT2D eigenvalue weighted by molar-refractivity contribution is 0.0599. The van der Waals surface area contributed by atoms with Crippen molar-refractivity contribution in [3.8, 4) is 0 Å². The molecule has 0 fully saturated rings. The molecule has 0 aromatic heterocycles.